The van der Waals surface area contributed by atoms with Crippen LogP contribution in [0.15, 0.2) is 23.1 Å². The van der Waals surface area contributed by atoms with Gasteiger partial charge in [0.25, 0.3) is 0 Å². The number of piperidine rings is 1. The van der Waals surface area contributed by atoms with Gasteiger partial charge in [0.15, 0.2) is 0 Å². The van der Waals surface area contributed by atoms with Crippen molar-refractivity contribution < 1.29 is 0 Å². The number of likely N-dealkylation sites (tertiary alicyclic amines) is 1. The molecule has 1 aliphatic rings. The normalized spacial score (nSPS) is 16.9. The first kappa shape index (κ1) is 15.2. The van der Waals surface area contributed by atoms with Gasteiger partial charge in [0.05, 0.1) is 11.3 Å². The topological polar surface area (TPSA) is 30.3 Å². The minimum absolute atomic E-state index is 0.542. The van der Waals surface area contributed by atoms with Gasteiger partial charge in [-0.2, -0.15) is 5.26 Å². The number of thioether (sulfide) groups is 1. The fourth-order valence-electron chi connectivity index (χ4n) is 2.78. The predicted molar refractivity (Wildman–Crippen MR) is 86.5 cm³/mol. The van der Waals surface area contributed by atoms with Crippen molar-refractivity contribution >= 4 is 17.4 Å². The molecule has 4 heteroatoms. The second-order valence-corrected chi connectivity index (χ2v) is 6.65. The molecule has 0 N–H and O–H groups in total. The first-order valence-electron chi connectivity index (χ1n) is 7.24. The molecule has 0 amide bonds. The van der Waals surface area contributed by atoms with Gasteiger partial charge < -0.3 is 9.80 Å². The molecule has 1 aromatic rings. The number of hydrogen-bond donors (Lipinski definition) is 0. The standard InChI is InChI=1S/C16H23N3S/c1-4-20-16-7-5-6-15(14(16)12-17)19(3)13-8-10-18(2)11-9-13/h5-7,13H,4,8-11H2,1-3H3. The van der Waals surface area contributed by atoms with E-state index in [0.29, 0.717) is 6.04 Å². The minimum atomic E-state index is 0.542. The molecule has 0 atom stereocenters. The zero-order valence-corrected chi connectivity index (χ0v) is 13.4. The van der Waals surface area contributed by atoms with Gasteiger partial charge in [-0.3, -0.25) is 0 Å². The molecule has 0 radical (unpaired) electrons. The lowest BCUT2D eigenvalue weighted by Gasteiger charge is -2.37. The third kappa shape index (κ3) is 3.28. The van der Waals surface area contributed by atoms with Crippen LogP contribution in [-0.2, 0) is 0 Å². The molecule has 0 bridgehead atoms. The summed E-state index contributed by atoms with van der Waals surface area (Å²) < 4.78 is 0. The van der Waals surface area contributed by atoms with Crippen LogP contribution < -0.4 is 4.90 Å². The first-order valence-corrected chi connectivity index (χ1v) is 8.23. The average molecular weight is 289 g/mol. The van der Waals surface area contributed by atoms with Gasteiger partial charge in [0.2, 0.25) is 0 Å². The molecule has 0 spiro atoms. The van der Waals surface area contributed by atoms with Crippen molar-refractivity contribution in [2.75, 3.05) is 37.8 Å². The van der Waals surface area contributed by atoms with Crippen LogP contribution in [0.2, 0.25) is 0 Å². The Balaban J connectivity index is 2.23. The second-order valence-electron chi connectivity index (χ2n) is 5.34. The lowest BCUT2D eigenvalue weighted by molar-refractivity contribution is 0.253. The van der Waals surface area contributed by atoms with Gasteiger partial charge in [-0.25, -0.2) is 0 Å². The van der Waals surface area contributed by atoms with Crippen molar-refractivity contribution in [3.8, 4) is 6.07 Å². The maximum Gasteiger partial charge on any atom is 0.103 e. The van der Waals surface area contributed by atoms with Crippen LogP contribution in [0.5, 0.6) is 0 Å². The Morgan fingerprint density at radius 3 is 2.70 bits per heavy atom. The molecule has 3 nitrogen and oxygen atoms in total. The summed E-state index contributed by atoms with van der Waals surface area (Å²) in [6.07, 6.45) is 2.34. The van der Waals surface area contributed by atoms with E-state index in [1.54, 1.807) is 11.8 Å². The molecule has 0 unspecified atom stereocenters. The molecule has 20 heavy (non-hydrogen) atoms. The molecule has 1 saturated heterocycles. The SMILES string of the molecule is CCSc1cccc(N(C)C2CCN(C)CC2)c1C#N. The largest absolute Gasteiger partial charge is 0.370 e. The zero-order chi connectivity index (χ0) is 14.5. The average Bonchev–Trinajstić information content (AvgIpc) is 2.47. The molecule has 1 aromatic carbocycles. The lowest BCUT2D eigenvalue weighted by atomic mass is 10.0. The Hall–Kier alpha value is -1.18. The molecule has 108 valence electrons. The van der Waals surface area contributed by atoms with Crippen LogP contribution in [0.3, 0.4) is 0 Å². The van der Waals surface area contributed by atoms with Crippen LogP contribution in [0.4, 0.5) is 5.69 Å². The summed E-state index contributed by atoms with van der Waals surface area (Å²) in [6.45, 7) is 4.40. The van der Waals surface area contributed by atoms with E-state index in [9.17, 15) is 5.26 Å². The number of hydrogen-bond acceptors (Lipinski definition) is 4. The van der Waals surface area contributed by atoms with E-state index in [2.05, 4.69) is 55.1 Å². The number of anilines is 1. The molecule has 2 rings (SSSR count). The van der Waals surface area contributed by atoms with Crippen LogP contribution >= 0.6 is 11.8 Å². The highest BCUT2D eigenvalue weighted by Gasteiger charge is 2.23. The van der Waals surface area contributed by atoms with Gasteiger partial charge in [0, 0.05) is 18.0 Å². The quantitative estimate of drug-likeness (QED) is 0.796. The number of rotatable bonds is 4. The van der Waals surface area contributed by atoms with E-state index in [4.69, 9.17) is 0 Å². The van der Waals surface area contributed by atoms with Crippen LogP contribution in [0.1, 0.15) is 25.3 Å². The minimum Gasteiger partial charge on any atom is -0.370 e. The van der Waals surface area contributed by atoms with Crippen LogP contribution in [0.25, 0.3) is 0 Å². The van der Waals surface area contributed by atoms with Gasteiger partial charge in [-0.05, 0) is 50.9 Å². The molecule has 0 aromatic heterocycles. The molecule has 1 fully saturated rings. The smallest absolute Gasteiger partial charge is 0.103 e. The Labute approximate surface area is 126 Å². The highest BCUT2D eigenvalue weighted by Crippen LogP contribution is 2.32. The van der Waals surface area contributed by atoms with E-state index >= 15 is 0 Å². The summed E-state index contributed by atoms with van der Waals surface area (Å²) in [4.78, 5) is 5.79. The van der Waals surface area contributed by atoms with Crippen molar-refractivity contribution in [2.24, 2.45) is 0 Å². The number of nitrogens with zero attached hydrogens (tertiary/aromatic N) is 3. The summed E-state index contributed by atoms with van der Waals surface area (Å²) >= 11 is 1.75. The Bertz CT molecular complexity index is 487. The third-order valence-electron chi connectivity index (χ3n) is 4.03. The Morgan fingerprint density at radius 1 is 1.40 bits per heavy atom. The highest BCUT2D eigenvalue weighted by molar-refractivity contribution is 7.99. The zero-order valence-electron chi connectivity index (χ0n) is 12.6. The number of benzene rings is 1. The maximum absolute atomic E-state index is 9.52. The van der Waals surface area contributed by atoms with Gasteiger partial charge in [-0.1, -0.05) is 13.0 Å². The van der Waals surface area contributed by atoms with Crippen molar-refractivity contribution in [2.45, 2.75) is 30.7 Å². The molecule has 0 saturated carbocycles. The van der Waals surface area contributed by atoms with E-state index in [0.717, 1.165) is 35.0 Å². The summed E-state index contributed by atoms with van der Waals surface area (Å²) in [7, 11) is 4.31. The Kier molecular flexibility index (Phi) is 5.33. The van der Waals surface area contributed by atoms with Gasteiger partial charge >= 0.3 is 0 Å². The predicted octanol–water partition coefficient (Wildman–Crippen LogP) is 3.20. The molecule has 1 heterocycles. The molecule has 1 aliphatic heterocycles. The van der Waals surface area contributed by atoms with Crippen LogP contribution in [0, 0.1) is 11.3 Å². The molecular weight excluding hydrogens is 266 g/mol. The lowest BCUT2D eigenvalue weighted by Crippen LogP contribution is -2.42. The van der Waals surface area contributed by atoms with E-state index in [-0.39, 0.29) is 0 Å². The fourth-order valence-corrected chi connectivity index (χ4v) is 3.56. The van der Waals surface area contributed by atoms with E-state index in [1.165, 1.54) is 12.8 Å². The van der Waals surface area contributed by atoms with E-state index in [1.807, 2.05) is 0 Å². The summed E-state index contributed by atoms with van der Waals surface area (Å²) in [6, 6.07) is 9.15. The van der Waals surface area contributed by atoms with Crippen molar-refractivity contribution in [3.05, 3.63) is 23.8 Å². The number of nitriles is 1. The van der Waals surface area contributed by atoms with Crippen molar-refractivity contribution in [3.63, 3.8) is 0 Å². The van der Waals surface area contributed by atoms with Crippen LogP contribution in [-0.4, -0.2) is 43.9 Å². The third-order valence-corrected chi connectivity index (χ3v) is 4.97. The van der Waals surface area contributed by atoms with Crippen molar-refractivity contribution in [1.82, 2.24) is 4.90 Å². The molecular formula is C16H23N3S. The van der Waals surface area contributed by atoms with Gasteiger partial charge in [0.1, 0.15) is 6.07 Å². The summed E-state index contributed by atoms with van der Waals surface area (Å²) in [5.74, 6) is 0.996. The van der Waals surface area contributed by atoms with Crippen molar-refractivity contribution in [1.29, 1.82) is 5.26 Å². The Morgan fingerprint density at radius 2 is 2.10 bits per heavy atom. The highest BCUT2D eigenvalue weighted by atomic mass is 32.2. The van der Waals surface area contributed by atoms with E-state index < -0.39 is 0 Å². The molecule has 0 aliphatic carbocycles. The van der Waals surface area contributed by atoms with Gasteiger partial charge in [-0.15, -0.1) is 11.8 Å². The first-order chi connectivity index (χ1) is 9.67. The second kappa shape index (κ2) is 7.01. The maximum atomic E-state index is 9.52. The summed E-state index contributed by atoms with van der Waals surface area (Å²) in [5.41, 5.74) is 1.92. The fraction of sp³-hybridized carbons (Fsp3) is 0.562. The summed E-state index contributed by atoms with van der Waals surface area (Å²) in [5, 5.41) is 9.52. The monoisotopic (exact) mass is 289 g/mol.